The molecule has 134 valence electrons. The molecule has 3 aromatic rings. The van der Waals surface area contributed by atoms with Crippen molar-refractivity contribution in [3.8, 4) is 0 Å². The molecule has 0 spiro atoms. The lowest BCUT2D eigenvalue weighted by Gasteiger charge is -2.33. The predicted molar refractivity (Wildman–Crippen MR) is 98.0 cm³/mol. The molecule has 1 amide bonds. The van der Waals surface area contributed by atoms with Crippen molar-refractivity contribution >= 4 is 22.8 Å². The molecule has 1 fully saturated rings. The lowest BCUT2D eigenvalue weighted by molar-refractivity contribution is 0.0568. The maximum absolute atomic E-state index is 13.0. The molecular formula is C19H21N5O2. The predicted octanol–water partition coefficient (Wildman–Crippen LogP) is 3.05. The monoisotopic (exact) mass is 351 g/mol. The van der Waals surface area contributed by atoms with Crippen molar-refractivity contribution in [1.82, 2.24) is 19.9 Å². The van der Waals surface area contributed by atoms with Gasteiger partial charge in [0.05, 0.1) is 12.4 Å². The van der Waals surface area contributed by atoms with E-state index >= 15 is 0 Å². The Bertz CT molecular complexity index is 886. The summed E-state index contributed by atoms with van der Waals surface area (Å²) < 4.78 is 5.93. The third kappa shape index (κ3) is 3.00. The second-order valence-corrected chi connectivity index (χ2v) is 6.68. The van der Waals surface area contributed by atoms with E-state index in [4.69, 9.17) is 4.42 Å². The highest BCUT2D eigenvalue weighted by Crippen LogP contribution is 2.33. The summed E-state index contributed by atoms with van der Waals surface area (Å²) >= 11 is 0. The van der Waals surface area contributed by atoms with Gasteiger partial charge in [0.2, 0.25) is 5.89 Å². The number of hydrogen-bond acceptors (Lipinski definition) is 6. The molecule has 1 aliphatic rings. The number of hydrogen-bond donors (Lipinski definition) is 0. The number of carbonyl (C=O) groups is 1. The van der Waals surface area contributed by atoms with Crippen LogP contribution in [0.4, 0.5) is 5.82 Å². The lowest BCUT2D eigenvalue weighted by atomic mass is 10.0. The minimum Gasteiger partial charge on any atom is -0.438 e. The van der Waals surface area contributed by atoms with Gasteiger partial charge in [0.25, 0.3) is 5.91 Å². The molecule has 4 rings (SSSR count). The Morgan fingerprint density at radius 1 is 1.19 bits per heavy atom. The Labute approximate surface area is 151 Å². The number of para-hydroxylation sites is 2. The van der Waals surface area contributed by atoms with Crippen molar-refractivity contribution in [2.24, 2.45) is 0 Å². The van der Waals surface area contributed by atoms with E-state index < -0.39 is 0 Å². The molecule has 0 saturated carbocycles. The summed E-state index contributed by atoms with van der Waals surface area (Å²) in [5.41, 5.74) is 1.91. The molecule has 3 heterocycles. The van der Waals surface area contributed by atoms with Gasteiger partial charge in [-0.1, -0.05) is 12.1 Å². The number of likely N-dealkylation sites (tertiary alicyclic amines) is 1. The summed E-state index contributed by atoms with van der Waals surface area (Å²) in [6, 6.07) is 7.50. The zero-order valence-corrected chi connectivity index (χ0v) is 14.9. The highest BCUT2D eigenvalue weighted by molar-refractivity contribution is 5.92. The number of oxazole rings is 1. The van der Waals surface area contributed by atoms with Gasteiger partial charge < -0.3 is 14.2 Å². The molecule has 7 heteroatoms. The van der Waals surface area contributed by atoms with E-state index in [1.54, 1.807) is 6.20 Å². The van der Waals surface area contributed by atoms with Crippen molar-refractivity contribution in [3.05, 3.63) is 48.2 Å². The summed E-state index contributed by atoms with van der Waals surface area (Å²) in [6.45, 7) is 0.666. The highest BCUT2D eigenvalue weighted by atomic mass is 16.3. The summed E-state index contributed by atoms with van der Waals surface area (Å²) in [5, 5.41) is 0. The van der Waals surface area contributed by atoms with Gasteiger partial charge in [0, 0.05) is 20.6 Å². The summed E-state index contributed by atoms with van der Waals surface area (Å²) in [7, 11) is 3.78. The van der Waals surface area contributed by atoms with Crippen molar-refractivity contribution in [1.29, 1.82) is 0 Å². The number of fused-ring (bicyclic) bond motifs is 1. The van der Waals surface area contributed by atoms with Crippen LogP contribution in [0.2, 0.25) is 0 Å². The van der Waals surface area contributed by atoms with Crippen LogP contribution < -0.4 is 4.90 Å². The van der Waals surface area contributed by atoms with Crippen LogP contribution in [0.5, 0.6) is 0 Å². The molecule has 7 nitrogen and oxygen atoms in total. The maximum atomic E-state index is 13.0. The molecule has 1 saturated heterocycles. The molecule has 0 unspecified atom stereocenters. The number of amides is 1. The summed E-state index contributed by atoms with van der Waals surface area (Å²) in [4.78, 5) is 29.9. The topological polar surface area (TPSA) is 75.4 Å². The third-order valence-electron chi connectivity index (χ3n) is 4.67. The van der Waals surface area contributed by atoms with Crippen LogP contribution in [0.15, 0.2) is 41.1 Å². The number of piperidine rings is 1. The van der Waals surface area contributed by atoms with Crippen molar-refractivity contribution in [3.63, 3.8) is 0 Å². The molecule has 26 heavy (non-hydrogen) atoms. The Morgan fingerprint density at radius 2 is 2.04 bits per heavy atom. The van der Waals surface area contributed by atoms with Crippen molar-refractivity contribution < 1.29 is 9.21 Å². The lowest BCUT2D eigenvalue weighted by Crippen LogP contribution is -2.39. The fraction of sp³-hybridized carbons (Fsp3) is 0.368. The molecule has 0 N–H and O–H groups in total. The largest absolute Gasteiger partial charge is 0.438 e. The van der Waals surface area contributed by atoms with E-state index in [0.717, 1.165) is 36.2 Å². The van der Waals surface area contributed by atoms with E-state index in [9.17, 15) is 4.79 Å². The van der Waals surface area contributed by atoms with Gasteiger partial charge in [0.15, 0.2) is 5.58 Å². The van der Waals surface area contributed by atoms with Gasteiger partial charge in [0.1, 0.15) is 23.1 Å². The molecule has 1 atom stereocenters. The second kappa shape index (κ2) is 6.74. The summed E-state index contributed by atoms with van der Waals surface area (Å²) in [6.07, 6.45) is 5.99. The van der Waals surface area contributed by atoms with Gasteiger partial charge in [-0.15, -0.1) is 0 Å². The van der Waals surface area contributed by atoms with Gasteiger partial charge in [-0.2, -0.15) is 0 Å². The number of nitrogens with zero attached hydrogens (tertiary/aromatic N) is 5. The smallest absolute Gasteiger partial charge is 0.274 e. The maximum Gasteiger partial charge on any atom is 0.274 e. The minimum atomic E-state index is -0.168. The van der Waals surface area contributed by atoms with Gasteiger partial charge in [-0.05, 0) is 31.4 Å². The zero-order chi connectivity index (χ0) is 18.1. The Hall–Kier alpha value is -2.96. The number of anilines is 1. The number of rotatable bonds is 3. The van der Waals surface area contributed by atoms with E-state index in [2.05, 4.69) is 15.0 Å². The quantitative estimate of drug-likeness (QED) is 0.722. The van der Waals surface area contributed by atoms with Gasteiger partial charge >= 0.3 is 0 Å². The van der Waals surface area contributed by atoms with E-state index in [0.29, 0.717) is 18.1 Å². The van der Waals surface area contributed by atoms with E-state index in [1.165, 1.54) is 6.20 Å². The number of aromatic nitrogens is 3. The summed E-state index contributed by atoms with van der Waals surface area (Å²) in [5.74, 6) is 1.18. The first-order valence-electron chi connectivity index (χ1n) is 8.79. The average molecular weight is 351 g/mol. The number of carbonyl (C=O) groups excluding carboxylic acids is 1. The highest BCUT2D eigenvalue weighted by Gasteiger charge is 2.32. The van der Waals surface area contributed by atoms with Crippen molar-refractivity contribution in [2.45, 2.75) is 25.3 Å². The molecule has 0 radical (unpaired) electrons. The Balaban J connectivity index is 1.63. The van der Waals surface area contributed by atoms with Crippen LogP contribution in [-0.4, -0.2) is 46.4 Å². The SMILES string of the molecule is CN(C)c1cnc(C(=O)N2CCCC[C@H]2c2nc3ccccc3o2)cn1. The molecule has 1 aromatic carbocycles. The molecule has 0 aliphatic carbocycles. The second-order valence-electron chi connectivity index (χ2n) is 6.68. The fourth-order valence-corrected chi connectivity index (χ4v) is 3.27. The zero-order valence-electron chi connectivity index (χ0n) is 14.9. The Kier molecular flexibility index (Phi) is 4.28. The van der Waals surface area contributed by atoms with Crippen LogP contribution in [0.25, 0.3) is 11.1 Å². The molecular weight excluding hydrogens is 330 g/mol. The van der Waals surface area contributed by atoms with Crippen LogP contribution >= 0.6 is 0 Å². The van der Waals surface area contributed by atoms with Crippen molar-refractivity contribution in [2.75, 3.05) is 25.5 Å². The molecule has 2 aromatic heterocycles. The van der Waals surface area contributed by atoms with Crippen LogP contribution in [-0.2, 0) is 0 Å². The molecule has 1 aliphatic heterocycles. The fourth-order valence-electron chi connectivity index (χ4n) is 3.27. The Morgan fingerprint density at radius 3 is 2.77 bits per heavy atom. The van der Waals surface area contributed by atoms with E-state index in [1.807, 2.05) is 48.2 Å². The normalized spacial score (nSPS) is 17.5. The molecule has 0 bridgehead atoms. The standard InChI is InChI=1S/C19H21N5O2/c1-23(2)17-12-20-14(11-21-17)19(25)24-10-6-5-8-15(24)18-22-13-7-3-4-9-16(13)26-18/h3-4,7,9,11-12,15H,5-6,8,10H2,1-2H3/t15-/m0/s1. The van der Waals surface area contributed by atoms with Crippen LogP contribution in [0.3, 0.4) is 0 Å². The first-order chi connectivity index (χ1) is 12.6. The van der Waals surface area contributed by atoms with Crippen LogP contribution in [0, 0.1) is 0 Å². The first-order valence-corrected chi connectivity index (χ1v) is 8.79. The van der Waals surface area contributed by atoms with Crippen LogP contribution in [0.1, 0.15) is 41.7 Å². The van der Waals surface area contributed by atoms with Gasteiger partial charge in [-0.3, -0.25) is 4.79 Å². The van der Waals surface area contributed by atoms with E-state index in [-0.39, 0.29) is 11.9 Å². The average Bonchev–Trinajstić information content (AvgIpc) is 3.11. The first kappa shape index (κ1) is 16.5. The van der Waals surface area contributed by atoms with Gasteiger partial charge in [-0.25, -0.2) is 15.0 Å². The number of benzene rings is 1. The minimum absolute atomic E-state index is 0.130. The third-order valence-corrected chi connectivity index (χ3v) is 4.67.